The number of carbonyl (C=O) groups excluding carboxylic acids is 2. The van der Waals surface area contributed by atoms with Crippen molar-refractivity contribution in [1.82, 2.24) is 25.2 Å². The number of nitrogens with one attached hydrogen (secondary N) is 2. The van der Waals surface area contributed by atoms with Gasteiger partial charge < -0.3 is 15.2 Å². The summed E-state index contributed by atoms with van der Waals surface area (Å²) in [5.74, 6) is 0.613. The van der Waals surface area contributed by atoms with E-state index in [1.165, 1.54) is 0 Å². The Hall–Kier alpha value is -3.22. The fourth-order valence-electron chi connectivity index (χ4n) is 3.55. The maximum absolute atomic E-state index is 12.4. The number of aromatic nitrogens is 3. The summed E-state index contributed by atoms with van der Waals surface area (Å²) >= 11 is 0. The second-order valence-corrected chi connectivity index (χ2v) is 7.13. The van der Waals surface area contributed by atoms with Gasteiger partial charge in [-0.2, -0.15) is 0 Å². The van der Waals surface area contributed by atoms with Gasteiger partial charge in [-0.25, -0.2) is 4.98 Å². The summed E-state index contributed by atoms with van der Waals surface area (Å²) in [6.45, 7) is 1.54. The van der Waals surface area contributed by atoms with E-state index in [0.29, 0.717) is 19.6 Å². The van der Waals surface area contributed by atoms with Crippen LogP contribution in [-0.4, -0.2) is 44.8 Å². The largest absolute Gasteiger partial charge is 0.356 e. The van der Waals surface area contributed by atoms with Crippen molar-refractivity contribution in [2.75, 3.05) is 13.1 Å². The van der Waals surface area contributed by atoms with E-state index in [4.69, 9.17) is 0 Å². The van der Waals surface area contributed by atoms with Crippen LogP contribution in [0.4, 0.5) is 0 Å². The lowest BCUT2D eigenvalue weighted by atomic mass is 10.1. The zero-order valence-electron chi connectivity index (χ0n) is 15.6. The number of fused-ring (bicyclic) bond motifs is 1. The molecule has 4 rings (SSSR count). The van der Waals surface area contributed by atoms with E-state index in [1.807, 2.05) is 36.4 Å². The van der Waals surface area contributed by atoms with Gasteiger partial charge in [0.05, 0.1) is 17.0 Å². The van der Waals surface area contributed by atoms with Gasteiger partial charge in [-0.05, 0) is 30.2 Å². The van der Waals surface area contributed by atoms with Crippen LogP contribution in [0.25, 0.3) is 11.0 Å². The van der Waals surface area contributed by atoms with Gasteiger partial charge in [0.25, 0.3) is 0 Å². The molecule has 0 spiro atoms. The predicted molar refractivity (Wildman–Crippen MR) is 105 cm³/mol. The lowest BCUT2D eigenvalue weighted by Gasteiger charge is -2.16. The Kier molecular flexibility index (Phi) is 5.32. The Labute approximate surface area is 163 Å². The van der Waals surface area contributed by atoms with E-state index in [-0.39, 0.29) is 24.2 Å². The first-order chi connectivity index (χ1) is 13.7. The maximum Gasteiger partial charge on any atom is 0.225 e. The Bertz CT molecular complexity index is 936. The second-order valence-electron chi connectivity index (χ2n) is 7.13. The number of aryl methyl sites for hydroxylation is 1. The number of imidazole rings is 1. The summed E-state index contributed by atoms with van der Waals surface area (Å²) in [5, 5.41) is 2.96. The summed E-state index contributed by atoms with van der Waals surface area (Å²) < 4.78 is 0. The summed E-state index contributed by atoms with van der Waals surface area (Å²) in [5.41, 5.74) is 2.96. The van der Waals surface area contributed by atoms with Crippen LogP contribution in [0, 0.1) is 5.92 Å². The van der Waals surface area contributed by atoms with Gasteiger partial charge in [0.15, 0.2) is 0 Å². The monoisotopic (exact) mass is 377 g/mol. The number of para-hydroxylation sites is 2. The molecule has 1 saturated heterocycles. The van der Waals surface area contributed by atoms with Crippen LogP contribution in [0.3, 0.4) is 0 Å². The van der Waals surface area contributed by atoms with Crippen LogP contribution in [-0.2, 0) is 22.6 Å². The fraction of sp³-hybridized carbons (Fsp3) is 0.333. The zero-order chi connectivity index (χ0) is 19.3. The van der Waals surface area contributed by atoms with Gasteiger partial charge in [-0.15, -0.1) is 0 Å². The topological polar surface area (TPSA) is 91.0 Å². The van der Waals surface area contributed by atoms with Crippen LogP contribution in [0.1, 0.15) is 24.2 Å². The predicted octanol–water partition coefficient (Wildman–Crippen LogP) is 2.06. The average Bonchev–Trinajstić information content (AvgIpc) is 3.29. The summed E-state index contributed by atoms with van der Waals surface area (Å²) in [6.07, 6.45) is 5.29. The summed E-state index contributed by atoms with van der Waals surface area (Å²) in [6, 6.07) is 11.7. The first-order valence-corrected chi connectivity index (χ1v) is 9.57. The van der Waals surface area contributed by atoms with Crippen molar-refractivity contribution in [2.24, 2.45) is 5.92 Å². The lowest BCUT2D eigenvalue weighted by Crippen LogP contribution is -2.33. The molecule has 1 aliphatic heterocycles. The molecule has 3 heterocycles. The quantitative estimate of drug-likeness (QED) is 0.617. The van der Waals surface area contributed by atoms with E-state index in [1.54, 1.807) is 17.3 Å². The molecule has 1 atom stereocenters. The third-order valence-corrected chi connectivity index (χ3v) is 5.01. The van der Waals surface area contributed by atoms with Gasteiger partial charge in [0, 0.05) is 44.9 Å². The molecule has 28 heavy (non-hydrogen) atoms. The minimum absolute atomic E-state index is 0.0197. The molecule has 2 amide bonds. The second kappa shape index (κ2) is 8.21. The number of hydrogen-bond donors (Lipinski definition) is 2. The minimum atomic E-state index is -0.282. The summed E-state index contributed by atoms with van der Waals surface area (Å²) in [7, 11) is 0. The van der Waals surface area contributed by atoms with E-state index in [9.17, 15) is 9.59 Å². The maximum atomic E-state index is 12.4. The van der Waals surface area contributed by atoms with Crippen molar-refractivity contribution in [3.05, 3.63) is 60.2 Å². The van der Waals surface area contributed by atoms with Gasteiger partial charge >= 0.3 is 0 Å². The minimum Gasteiger partial charge on any atom is -0.356 e. The van der Waals surface area contributed by atoms with E-state index < -0.39 is 0 Å². The smallest absolute Gasteiger partial charge is 0.225 e. The third kappa shape index (κ3) is 4.19. The zero-order valence-corrected chi connectivity index (χ0v) is 15.6. The van der Waals surface area contributed by atoms with Crippen LogP contribution in [0.15, 0.2) is 48.8 Å². The number of nitrogens with zero attached hydrogens (tertiary/aromatic N) is 3. The Morgan fingerprint density at radius 1 is 1.25 bits per heavy atom. The molecule has 0 unspecified atom stereocenters. The van der Waals surface area contributed by atoms with Crippen molar-refractivity contribution >= 4 is 22.8 Å². The molecule has 7 heteroatoms. The normalized spacial score (nSPS) is 16.6. The molecule has 1 aromatic carbocycles. The molecule has 144 valence electrons. The molecular formula is C21H23N5O2. The van der Waals surface area contributed by atoms with E-state index in [0.717, 1.165) is 35.3 Å². The van der Waals surface area contributed by atoms with Crippen LogP contribution < -0.4 is 5.32 Å². The molecule has 1 aliphatic rings. The number of amides is 2. The highest BCUT2D eigenvalue weighted by Gasteiger charge is 2.34. The van der Waals surface area contributed by atoms with Crippen LogP contribution >= 0.6 is 0 Å². The molecule has 3 aromatic rings. The highest BCUT2D eigenvalue weighted by atomic mass is 16.2. The fourth-order valence-corrected chi connectivity index (χ4v) is 3.55. The number of hydrogen-bond acceptors (Lipinski definition) is 4. The molecule has 1 fully saturated rings. The molecule has 0 saturated carbocycles. The average molecular weight is 377 g/mol. The number of rotatable bonds is 7. The number of benzene rings is 1. The Morgan fingerprint density at radius 3 is 2.96 bits per heavy atom. The number of aromatic amines is 1. The van der Waals surface area contributed by atoms with Gasteiger partial charge in [0.2, 0.25) is 11.8 Å². The van der Waals surface area contributed by atoms with Gasteiger partial charge in [-0.3, -0.25) is 14.6 Å². The molecule has 2 aromatic heterocycles. The third-order valence-electron chi connectivity index (χ3n) is 5.01. The van der Waals surface area contributed by atoms with Gasteiger partial charge in [0.1, 0.15) is 5.82 Å². The molecule has 7 nitrogen and oxygen atoms in total. The first kappa shape index (κ1) is 18.2. The SMILES string of the molecule is O=C(NCCCc1nc2ccccc2[nH]1)[C@@H]1CC(=O)N(Cc2cccnc2)C1. The number of carbonyl (C=O) groups is 2. The van der Waals surface area contributed by atoms with Crippen molar-refractivity contribution in [3.8, 4) is 0 Å². The molecular weight excluding hydrogens is 354 g/mol. The van der Waals surface area contributed by atoms with Crippen molar-refractivity contribution in [2.45, 2.75) is 25.8 Å². The lowest BCUT2D eigenvalue weighted by molar-refractivity contribution is -0.129. The number of H-pyrrole nitrogens is 1. The number of pyridine rings is 1. The highest BCUT2D eigenvalue weighted by molar-refractivity contribution is 5.89. The highest BCUT2D eigenvalue weighted by Crippen LogP contribution is 2.20. The Balaban J connectivity index is 1.22. The van der Waals surface area contributed by atoms with E-state index >= 15 is 0 Å². The van der Waals surface area contributed by atoms with Crippen molar-refractivity contribution < 1.29 is 9.59 Å². The van der Waals surface area contributed by atoms with Gasteiger partial charge in [-0.1, -0.05) is 18.2 Å². The Morgan fingerprint density at radius 2 is 2.14 bits per heavy atom. The number of likely N-dealkylation sites (tertiary alicyclic amines) is 1. The summed E-state index contributed by atoms with van der Waals surface area (Å²) in [4.78, 5) is 38.3. The molecule has 2 N–H and O–H groups in total. The molecule has 0 aliphatic carbocycles. The standard InChI is InChI=1S/C21H23N5O2/c27-20-11-16(14-26(20)13-15-5-3-9-22-12-15)21(28)23-10-4-8-19-24-17-6-1-2-7-18(17)25-19/h1-3,5-7,9,12,16H,4,8,10-11,13-14H2,(H,23,28)(H,24,25)/t16-/m1/s1. The van der Waals surface area contributed by atoms with E-state index in [2.05, 4.69) is 20.3 Å². The van der Waals surface area contributed by atoms with Crippen LogP contribution in [0.2, 0.25) is 0 Å². The van der Waals surface area contributed by atoms with Crippen molar-refractivity contribution in [1.29, 1.82) is 0 Å². The van der Waals surface area contributed by atoms with Crippen molar-refractivity contribution in [3.63, 3.8) is 0 Å². The molecule has 0 radical (unpaired) electrons. The first-order valence-electron chi connectivity index (χ1n) is 9.57. The molecule has 0 bridgehead atoms. The van der Waals surface area contributed by atoms with Crippen LogP contribution in [0.5, 0.6) is 0 Å².